The average molecular weight is 179 g/mol. The largest absolute Gasteiger partial charge is 0.256 e. The molecule has 1 aromatic carbocycles. The van der Waals surface area contributed by atoms with Gasteiger partial charge in [-0.25, -0.2) is 8.78 Å². The number of hydrogen-bond acceptors (Lipinski definition) is 1. The van der Waals surface area contributed by atoms with Crippen molar-refractivity contribution < 1.29 is 8.78 Å². The van der Waals surface area contributed by atoms with Crippen LogP contribution >= 0.6 is 0 Å². The molecule has 0 spiro atoms. The molecule has 0 N–H and O–H groups in total. The molecule has 3 heteroatoms. The van der Waals surface area contributed by atoms with E-state index in [9.17, 15) is 8.78 Å². The second-order valence-electron chi connectivity index (χ2n) is 2.87. The number of rotatable bonds is 0. The lowest BCUT2D eigenvalue weighted by Crippen LogP contribution is -1.92. The van der Waals surface area contributed by atoms with Crippen LogP contribution in [0, 0.1) is 18.6 Å². The monoisotopic (exact) mass is 179 g/mol. The first-order chi connectivity index (χ1) is 6.20. The van der Waals surface area contributed by atoms with E-state index in [0.29, 0.717) is 10.9 Å². The molecule has 0 aliphatic carbocycles. The van der Waals surface area contributed by atoms with Crippen LogP contribution in [0.15, 0.2) is 24.4 Å². The third kappa shape index (κ3) is 1.16. The Morgan fingerprint density at radius 3 is 2.85 bits per heavy atom. The van der Waals surface area contributed by atoms with Crippen LogP contribution in [0.3, 0.4) is 0 Å². The molecule has 0 fully saturated rings. The standard InChI is InChI=1S/C10H7F2N/c1-6-9(12)8(11)5-7-3-2-4-13-10(6)7/h2-5H,1H3. The molecule has 2 rings (SSSR count). The van der Waals surface area contributed by atoms with Gasteiger partial charge in [-0.05, 0) is 19.1 Å². The lowest BCUT2D eigenvalue weighted by atomic mass is 10.1. The van der Waals surface area contributed by atoms with E-state index >= 15 is 0 Å². The molecule has 0 bridgehead atoms. The van der Waals surface area contributed by atoms with Crippen molar-refractivity contribution in [2.75, 3.05) is 0 Å². The minimum atomic E-state index is -0.821. The Morgan fingerprint density at radius 2 is 2.08 bits per heavy atom. The first-order valence-corrected chi connectivity index (χ1v) is 3.89. The second-order valence-corrected chi connectivity index (χ2v) is 2.87. The predicted molar refractivity (Wildman–Crippen MR) is 46.4 cm³/mol. The zero-order valence-electron chi connectivity index (χ0n) is 7.01. The maximum Gasteiger partial charge on any atom is 0.163 e. The van der Waals surface area contributed by atoms with Gasteiger partial charge in [-0.3, -0.25) is 4.98 Å². The summed E-state index contributed by atoms with van der Waals surface area (Å²) >= 11 is 0. The van der Waals surface area contributed by atoms with Crippen LogP contribution in [0.5, 0.6) is 0 Å². The van der Waals surface area contributed by atoms with Crippen molar-refractivity contribution in [1.29, 1.82) is 0 Å². The third-order valence-electron chi connectivity index (χ3n) is 2.02. The fourth-order valence-electron chi connectivity index (χ4n) is 1.33. The van der Waals surface area contributed by atoms with Gasteiger partial charge in [-0.2, -0.15) is 0 Å². The fourth-order valence-corrected chi connectivity index (χ4v) is 1.33. The number of aryl methyl sites for hydroxylation is 1. The van der Waals surface area contributed by atoms with E-state index in [1.807, 2.05) is 0 Å². The van der Waals surface area contributed by atoms with Gasteiger partial charge in [0.2, 0.25) is 0 Å². The Morgan fingerprint density at radius 1 is 1.31 bits per heavy atom. The highest BCUT2D eigenvalue weighted by molar-refractivity contribution is 5.81. The SMILES string of the molecule is Cc1c(F)c(F)cc2cccnc12. The number of pyridine rings is 1. The van der Waals surface area contributed by atoms with Crippen LogP contribution in [0.2, 0.25) is 0 Å². The number of nitrogens with zero attached hydrogens (tertiary/aromatic N) is 1. The smallest absolute Gasteiger partial charge is 0.163 e. The molecule has 2 aromatic rings. The Labute approximate surface area is 74.0 Å². The summed E-state index contributed by atoms with van der Waals surface area (Å²) in [5.74, 6) is -1.63. The molecular weight excluding hydrogens is 172 g/mol. The highest BCUT2D eigenvalue weighted by Crippen LogP contribution is 2.20. The number of halogens is 2. The summed E-state index contributed by atoms with van der Waals surface area (Å²) in [5.41, 5.74) is 0.775. The summed E-state index contributed by atoms with van der Waals surface area (Å²) in [7, 11) is 0. The van der Waals surface area contributed by atoms with Gasteiger partial charge in [-0.1, -0.05) is 6.07 Å². The van der Waals surface area contributed by atoms with Crippen molar-refractivity contribution in [3.8, 4) is 0 Å². The zero-order chi connectivity index (χ0) is 9.42. The first-order valence-electron chi connectivity index (χ1n) is 3.89. The zero-order valence-corrected chi connectivity index (χ0v) is 7.01. The van der Waals surface area contributed by atoms with E-state index in [1.54, 1.807) is 18.3 Å². The quantitative estimate of drug-likeness (QED) is 0.606. The van der Waals surface area contributed by atoms with E-state index in [2.05, 4.69) is 4.98 Å². The topological polar surface area (TPSA) is 12.9 Å². The molecule has 1 aromatic heterocycles. The predicted octanol–water partition coefficient (Wildman–Crippen LogP) is 2.82. The Balaban J connectivity index is 2.94. The molecule has 0 radical (unpaired) electrons. The van der Waals surface area contributed by atoms with Crippen LogP contribution in [0.1, 0.15) is 5.56 Å². The number of fused-ring (bicyclic) bond motifs is 1. The van der Waals surface area contributed by atoms with Gasteiger partial charge in [-0.15, -0.1) is 0 Å². The molecule has 1 heterocycles. The summed E-state index contributed by atoms with van der Waals surface area (Å²) in [5, 5.41) is 0.624. The Bertz CT molecular complexity index is 466. The lowest BCUT2D eigenvalue weighted by Gasteiger charge is -2.02. The summed E-state index contributed by atoms with van der Waals surface area (Å²) in [6, 6.07) is 4.56. The highest BCUT2D eigenvalue weighted by Gasteiger charge is 2.09. The van der Waals surface area contributed by atoms with Gasteiger partial charge < -0.3 is 0 Å². The molecule has 0 aliphatic heterocycles. The van der Waals surface area contributed by atoms with Gasteiger partial charge in [0.1, 0.15) is 0 Å². The molecule has 0 saturated carbocycles. The highest BCUT2D eigenvalue weighted by atomic mass is 19.2. The molecule has 0 aliphatic rings. The minimum Gasteiger partial charge on any atom is -0.256 e. The van der Waals surface area contributed by atoms with Gasteiger partial charge >= 0.3 is 0 Å². The van der Waals surface area contributed by atoms with Gasteiger partial charge in [0.15, 0.2) is 11.6 Å². The van der Waals surface area contributed by atoms with E-state index < -0.39 is 11.6 Å². The average Bonchev–Trinajstić information content (AvgIpc) is 2.15. The third-order valence-corrected chi connectivity index (χ3v) is 2.02. The normalized spacial score (nSPS) is 10.7. The second kappa shape index (κ2) is 2.76. The molecule has 0 amide bonds. The molecular formula is C10H7F2N. The van der Waals surface area contributed by atoms with E-state index in [-0.39, 0.29) is 5.56 Å². The van der Waals surface area contributed by atoms with Gasteiger partial charge in [0, 0.05) is 17.1 Å². The number of benzene rings is 1. The Hall–Kier alpha value is -1.51. The Kier molecular flexibility index (Phi) is 1.72. The summed E-state index contributed by atoms with van der Waals surface area (Å²) in [4.78, 5) is 3.98. The molecule has 0 atom stereocenters. The van der Waals surface area contributed by atoms with Crippen LogP contribution in [0.25, 0.3) is 10.9 Å². The summed E-state index contributed by atoms with van der Waals surface area (Å²) in [6.07, 6.45) is 1.56. The van der Waals surface area contributed by atoms with Crippen LogP contribution in [-0.2, 0) is 0 Å². The lowest BCUT2D eigenvalue weighted by molar-refractivity contribution is 0.505. The van der Waals surface area contributed by atoms with Gasteiger partial charge in [0.25, 0.3) is 0 Å². The molecule has 66 valence electrons. The first kappa shape index (κ1) is 8.10. The van der Waals surface area contributed by atoms with Crippen molar-refractivity contribution in [2.45, 2.75) is 6.92 Å². The van der Waals surface area contributed by atoms with Crippen LogP contribution in [-0.4, -0.2) is 4.98 Å². The van der Waals surface area contributed by atoms with Crippen molar-refractivity contribution in [3.05, 3.63) is 41.6 Å². The van der Waals surface area contributed by atoms with Crippen LogP contribution in [0.4, 0.5) is 8.78 Å². The van der Waals surface area contributed by atoms with Crippen LogP contribution < -0.4 is 0 Å². The minimum absolute atomic E-state index is 0.260. The van der Waals surface area contributed by atoms with Gasteiger partial charge in [0.05, 0.1) is 5.52 Å². The van der Waals surface area contributed by atoms with E-state index in [0.717, 1.165) is 6.07 Å². The van der Waals surface area contributed by atoms with E-state index in [4.69, 9.17) is 0 Å². The maximum absolute atomic E-state index is 13.0. The van der Waals surface area contributed by atoms with Crippen molar-refractivity contribution in [2.24, 2.45) is 0 Å². The van der Waals surface area contributed by atoms with Crippen molar-refractivity contribution in [1.82, 2.24) is 4.98 Å². The number of hydrogen-bond donors (Lipinski definition) is 0. The summed E-state index contributed by atoms with van der Waals surface area (Å²) in [6.45, 7) is 1.52. The molecule has 0 unspecified atom stereocenters. The molecule has 0 saturated heterocycles. The summed E-state index contributed by atoms with van der Waals surface area (Å²) < 4.78 is 26.0. The fraction of sp³-hybridized carbons (Fsp3) is 0.100. The van der Waals surface area contributed by atoms with Crippen molar-refractivity contribution in [3.63, 3.8) is 0 Å². The van der Waals surface area contributed by atoms with Crippen molar-refractivity contribution >= 4 is 10.9 Å². The maximum atomic E-state index is 13.0. The van der Waals surface area contributed by atoms with E-state index in [1.165, 1.54) is 6.92 Å². The molecule has 13 heavy (non-hydrogen) atoms. The molecule has 1 nitrogen and oxygen atoms in total. The number of aromatic nitrogens is 1.